The van der Waals surface area contributed by atoms with Crippen molar-refractivity contribution in [3.63, 3.8) is 0 Å². The van der Waals surface area contributed by atoms with E-state index < -0.39 is 0 Å². The van der Waals surface area contributed by atoms with Gasteiger partial charge in [0.1, 0.15) is 0 Å². The molecule has 1 aromatic heterocycles. The van der Waals surface area contributed by atoms with E-state index in [4.69, 9.17) is 0 Å². The van der Waals surface area contributed by atoms with Crippen LogP contribution in [0.1, 0.15) is 63.3 Å². The zero-order valence-corrected chi connectivity index (χ0v) is 14.5. The predicted octanol–water partition coefficient (Wildman–Crippen LogP) is 5.77. The third-order valence-corrected chi connectivity index (χ3v) is 6.44. The summed E-state index contributed by atoms with van der Waals surface area (Å²) in [6.07, 6.45) is 8.21. The highest BCUT2D eigenvalue weighted by atomic mass is 79.9. The minimum Gasteiger partial charge on any atom is -0.309 e. The van der Waals surface area contributed by atoms with Gasteiger partial charge in [0, 0.05) is 15.4 Å². The van der Waals surface area contributed by atoms with Gasteiger partial charge < -0.3 is 5.32 Å². The molecule has 2 rings (SSSR count). The van der Waals surface area contributed by atoms with E-state index in [9.17, 15) is 0 Å². The van der Waals surface area contributed by atoms with Gasteiger partial charge >= 0.3 is 0 Å². The lowest BCUT2D eigenvalue weighted by Crippen LogP contribution is -2.31. The molecule has 1 nitrogen and oxygen atoms in total. The van der Waals surface area contributed by atoms with Crippen molar-refractivity contribution in [3.05, 3.63) is 20.8 Å². The molecule has 1 aliphatic carbocycles. The fourth-order valence-corrected chi connectivity index (χ4v) is 5.02. The number of nitrogens with one attached hydrogen (secondary N) is 1. The van der Waals surface area contributed by atoms with Crippen molar-refractivity contribution in [2.75, 3.05) is 6.54 Å². The molecule has 1 N–H and O–H groups in total. The maximum absolute atomic E-state index is 3.80. The summed E-state index contributed by atoms with van der Waals surface area (Å²) < 4.78 is 1.30. The SMILES string of the molecule is CCCNC(c1sccc1Br)C1CCC(CC)CC1. The molecule has 1 saturated carbocycles. The number of rotatable bonds is 6. The number of thiophene rings is 1. The zero-order chi connectivity index (χ0) is 13.7. The average molecular weight is 344 g/mol. The number of hydrogen-bond donors (Lipinski definition) is 1. The van der Waals surface area contributed by atoms with Crippen molar-refractivity contribution in [3.8, 4) is 0 Å². The Morgan fingerprint density at radius 3 is 2.58 bits per heavy atom. The van der Waals surface area contributed by atoms with Gasteiger partial charge in [-0.1, -0.05) is 33.1 Å². The van der Waals surface area contributed by atoms with Crippen molar-refractivity contribution in [2.45, 2.75) is 58.4 Å². The molecule has 1 heterocycles. The summed E-state index contributed by atoms with van der Waals surface area (Å²) in [5.74, 6) is 1.80. The molecular weight excluding hydrogens is 318 g/mol. The van der Waals surface area contributed by atoms with E-state index >= 15 is 0 Å². The Morgan fingerprint density at radius 1 is 1.32 bits per heavy atom. The van der Waals surface area contributed by atoms with Gasteiger partial charge in [-0.05, 0) is 65.0 Å². The molecule has 0 amide bonds. The summed E-state index contributed by atoms with van der Waals surface area (Å²) in [6.45, 7) is 5.72. The first-order valence-electron chi connectivity index (χ1n) is 7.72. The van der Waals surface area contributed by atoms with E-state index in [1.807, 2.05) is 11.3 Å². The monoisotopic (exact) mass is 343 g/mol. The summed E-state index contributed by atoms with van der Waals surface area (Å²) in [4.78, 5) is 1.51. The Hall–Kier alpha value is 0.140. The maximum atomic E-state index is 3.80. The second-order valence-corrected chi connectivity index (χ2v) is 7.56. The lowest BCUT2D eigenvalue weighted by Gasteiger charge is -2.34. The van der Waals surface area contributed by atoms with Crippen LogP contribution in [0.3, 0.4) is 0 Å². The highest BCUT2D eigenvalue weighted by Gasteiger charge is 2.29. The smallest absolute Gasteiger partial charge is 0.0454 e. The molecule has 0 aromatic carbocycles. The second-order valence-electron chi connectivity index (χ2n) is 5.75. The average Bonchev–Trinajstić information content (AvgIpc) is 2.86. The molecule has 1 unspecified atom stereocenters. The Kier molecular flexibility index (Phi) is 6.37. The van der Waals surface area contributed by atoms with Crippen LogP contribution in [0.25, 0.3) is 0 Å². The van der Waals surface area contributed by atoms with E-state index in [1.54, 1.807) is 0 Å². The van der Waals surface area contributed by atoms with E-state index in [0.717, 1.165) is 18.4 Å². The first-order valence-corrected chi connectivity index (χ1v) is 9.39. The molecule has 0 aliphatic heterocycles. The molecule has 1 fully saturated rings. The summed E-state index contributed by atoms with van der Waals surface area (Å²) in [7, 11) is 0. The summed E-state index contributed by atoms with van der Waals surface area (Å²) >= 11 is 5.62. The first kappa shape index (κ1) is 15.5. The van der Waals surface area contributed by atoms with Crippen LogP contribution < -0.4 is 5.32 Å². The molecule has 3 heteroatoms. The van der Waals surface area contributed by atoms with Gasteiger partial charge in [0.15, 0.2) is 0 Å². The van der Waals surface area contributed by atoms with Crippen LogP contribution in [0.2, 0.25) is 0 Å². The van der Waals surface area contributed by atoms with E-state index in [0.29, 0.717) is 6.04 Å². The Bertz CT molecular complexity index is 369. The lowest BCUT2D eigenvalue weighted by atomic mass is 9.77. The summed E-state index contributed by atoms with van der Waals surface area (Å²) in [6, 6.07) is 2.75. The highest BCUT2D eigenvalue weighted by molar-refractivity contribution is 9.10. The van der Waals surface area contributed by atoms with Crippen LogP contribution in [0.5, 0.6) is 0 Å². The molecule has 1 aromatic rings. The molecule has 1 aliphatic rings. The topological polar surface area (TPSA) is 12.0 Å². The Labute approximate surface area is 130 Å². The van der Waals surface area contributed by atoms with Crippen LogP contribution >= 0.6 is 27.3 Å². The van der Waals surface area contributed by atoms with E-state index in [1.165, 1.54) is 47.9 Å². The quantitative estimate of drug-likeness (QED) is 0.691. The molecule has 19 heavy (non-hydrogen) atoms. The van der Waals surface area contributed by atoms with Gasteiger partial charge in [0.25, 0.3) is 0 Å². The van der Waals surface area contributed by atoms with Crippen LogP contribution in [0.4, 0.5) is 0 Å². The van der Waals surface area contributed by atoms with Crippen LogP contribution in [-0.4, -0.2) is 6.54 Å². The van der Waals surface area contributed by atoms with E-state index in [2.05, 4.69) is 46.5 Å². The largest absolute Gasteiger partial charge is 0.309 e. The summed E-state index contributed by atoms with van der Waals surface area (Å²) in [5.41, 5.74) is 0. The third kappa shape index (κ3) is 4.05. The van der Waals surface area contributed by atoms with Crippen molar-refractivity contribution in [1.29, 1.82) is 0 Å². The zero-order valence-electron chi connectivity index (χ0n) is 12.1. The van der Waals surface area contributed by atoms with Gasteiger partial charge in [-0.2, -0.15) is 0 Å². The molecule has 0 bridgehead atoms. The van der Waals surface area contributed by atoms with Crippen molar-refractivity contribution >= 4 is 27.3 Å². The maximum Gasteiger partial charge on any atom is 0.0454 e. The normalized spacial score (nSPS) is 25.4. The standard InChI is InChI=1S/C16H26BrNS/c1-3-10-18-15(16-14(17)9-11-19-16)13-7-5-12(4-2)6-8-13/h9,11-13,15,18H,3-8,10H2,1-2H3. The fraction of sp³-hybridized carbons (Fsp3) is 0.750. The Morgan fingerprint density at radius 2 is 2.05 bits per heavy atom. The van der Waals surface area contributed by atoms with Crippen molar-refractivity contribution < 1.29 is 0 Å². The minimum absolute atomic E-state index is 0.562. The summed E-state index contributed by atoms with van der Waals surface area (Å²) in [5, 5.41) is 6.00. The molecular formula is C16H26BrNS. The van der Waals surface area contributed by atoms with Crippen LogP contribution in [-0.2, 0) is 0 Å². The molecule has 0 radical (unpaired) electrons. The van der Waals surface area contributed by atoms with Crippen molar-refractivity contribution in [2.24, 2.45) is 11.8 Å². The Balaban J connectivity index is 2.04. The first-order chi connectivity index (χ1) is 9.26. The fourth-order valence-electron chi connectivity index (χ4n) is 3.23. The van der Waals surface area contributed by atoms with Gasteiger partial charge in [-0.3, -0.25) is 0 Å². The van der Waals surface area contributed by atoms with E-state index in [-0.39, 0.29) is 0 Å². The molecule has 0 saturated heterocycles. The molecule has 108 valence electrons. The second kappa shape index (κ2) is 7.80. The van der Waals surface area contributed by atoms with Gasteiger partial charge in [0.05, 0.1) is 0 Å². The number of hydrogen-bond acceptors (Lipinski definition) is 2. The van der Waals surface area contributed by atoms with Crippen molar-refractivity contribution in [1.82, 2.24) is 5.32 Å². The van der Waals surface area contributed by atoms with Crippen LogP contribution in [0.15, 0.2) is 15.9 Å². The molecule has 1 atom stereocenters. The van der Waals surface area contributed by atoms with Gasteiger partial charge in [-0.15, -0.1) is 11.3 Å². The number of halogens is 1. The minimum atomic E-state index is 0.562. The third-order valence-electron chi connectivity index (χ3n) is 4.48. The van der Waals surface area contributed by atoms with Gasteiger partial charge in [-0.25, -0.2) is 0 Å². The van der Waals surface area contributed by atoms with Gasteiger partial charge in [0.2, 0.25) is 0 Å². The molecule has 0 spiro atoms. The lowest BCUT2D eigenvalue weighted by molar-refractivity contribution is 0.220. The highest BCUT2D eigenvalue weighted by Crippen LogP contribution is 2.41. The van der Waals surface area contributed by atoms with Crippen LogP contribution in [0, 0.1) is 11.8 Å². The predicted molar refractivity (Wildman–Crippen MR) is 88.8 cm³/mol.